The molecule has 2 aromatic rings. The Morgan fingerprint density at radius 3 is 2.76 bits per heavy atom. The number of carbonyl (C=O) groups excluding carboxylic acids is 1. The molecule has 0 spiro atoms. The molecule has 1 saturated carbocycles. The van der Waals surface area contributed by atoms with Crippen LogP contribution in [0.25, 0.3) is 11.4 Å². The highest BCUT2D eigenvalue weighted by atomic mass is 32.2. The quantitative estimate of drug-likeness (QED) is 0.831. The zero-order valence-corrected chi connectivity index (χ0v) is 15.9. The van der Waals surface area contributed by atoms with Gasteiger partial charge in [-0.1, -0.05) is 68.8 Å². The van der Waals surface area contributed by atoms with Gasteiger partial charge in [0.1, 0.15) is 0 Å². The lowest BCUT2D eigenvalue weighted by molar-refractivity contribution is -0.120. The second-order valence-electron chi connectivity index (χ2n) is 6.96. The maximum absolute atomic E-state index is 12.3. The Balaban J connectivity index is 1.57. The fourth-order valence-electron chi connectivity index (χ4n) is 3.44. The molecule has 0 radical (unpaired) electrons. The summed E-state index contributed by atoms with van der Waals surface area (Å²) in [6.07, 6.45) is 3.56. The molecule has 0 bridgehead atoms. The van der Waals surface area contributed by atoms with Gasteiger partial charge in [-0.15, -0.1) is 10.2 Å². The van der Waals surface area contributed by atoms with Crippen molar-refractivity contribution in [2.75, 3.05) is 5.75 Å². The first kappa shape index (κ1) is 18.0. The highest BCUT2D eigenvalue weighted by Gasteiger charge is 2.28. The van der Waals surface area contributed by atoms with Crippen molar-refractivity contribution >= 4 is 17.7 Å². The monoisotopic (exact) mass is 358 g/mol. The van der Waals surface area contributed by atoms with E-state index < -0.39 is 0 Å². The van der Waals surface area contributed by atoms with Crippen LogP contribution in [-0.4, -0.2) is 32.5 Å². The van der Waals surface area contributed by atoms with Crippen LogP contribution in [0.15, 0.2) is 35.5 Å². The Bertz CT molecular complexity index is 715. The second kappa shape index (κ2) is 8.04. The van der Waals surface area contributed by atoms with Crippen LogP contribution < -0.4 is 5.32 Å². The number of hydrogen-bond donors (Lipinski definition) is 1. The summed E-state index contributed by atoms with van der Waals surface area (Å²) < 4.78 is 1.94. The Morgan fingerprint density at radius 2 is 2.00 bits per heavy atom. The normalized spacial score (nSPS) is 23.4. The molecule has 1 aromatic carbocycles. The Morgan fingerprint density at radius 1 is 1.24 bits per heavy atom. The van der Waals surface area contributed by atoms with Crippen LogP contribution in [0.3, 0.4) is 0 Å². The third-order valence-corrected chi connectivity index (χ3v) is 6.27. The largest absolute Gasteiger partial charge is 0.352 e. The summed E-state index contributed by atoms with van der Waals surface area (Å²) in [7, 11) is 1.94. The number of aromatic nitrogens is 3. The molecule has 1 fully saturated rings. The molecule has 134 valence electrons. The standard InChI is InChI=1S/C19H26N4OS/c1-13-8-7-11-16(14(13)2)20-17(24)12-25-19-22-21-18(23(19)3)15-9-5-4-6-10-15/h4-6,9-10,13-14,16H,7-8,11-12H2,1-3H3,(H,20,24)/t13-,14+,16-/m1/s1. The number of nitrogens with zero attached hydrogens (tertiary/aromatic N) is 3. The lowest BCUT2D eigenvalue weighted by Gasteiger charge is -2.34. The van der Waals surface area contributed by atoms with Crippen LogP contribution in [0.5, 0.6) is 0 Å². The van der Waals surface area contributed by atoms with Crippen molar-refractivity contribution in [2.24, 2.45) is 18.9 Å². The van der Waals surface area contributed by atoms with Gasteiger partial charge in [-0.05, 0) is 18.3 Å². The number of amides is 1. The summed E-state index contributed by atoms with van der Waals surface area (Å²) in [4.78, 5) is 12.3. The van der Waals surface area contributed by atoms with Crippen molar-refractivity contribution in [1.29, 1.82) is 0 Å². The second-order valence-corrected chi connectivity index (χ2v) is 7.90. The maximum atomic E-state index is 12.3. The van der Waals surface area contributed by atoms with Crippen LogP contribution in [0.1, 0.15) is 33.1 Å². The average Bonchev–Trinajstić information content (AvgIpc) is 2.99. The zero-order valence-electron chi connectivity index (χ0n) is 15.1. The van der Waals surface area contributed by atoms with E-state index in [0.717, 1.165) is 23.0 Å². The minimum Gasteiger partial charge on any atom is -0.352 e. The molecule has 3 rings (SSSR count). The summed E-state index contributed by atoms with van der Waals surface area (Å²) >= 11 is 1.44. The molecular formula is C19H26N4OS. The van der Waals surface area contributed by atoms with Crippen LogP contribution in [0.2, 0.25) is 0 Å². The smallest absolute Gasteiger partial charge is 0.230 e. The van der Waals surface area contributed by atoms with Gasteiger partial charge in [0.25, 0.3) is 0 Å². The van der Waals surface area contributed by atoms with Gasteiger partial charge >= 0.3 is 0 Å². The van der Waals surface area contributed by atoms with Gasteiger partial charge in [0.15, 0.2) is 11.0 Å². The van der Waals surface area contributed by atoms with Crippen LogP contribution >= 0.6 is 11.8 Å². The van der Waals surface area contributed by atoms with Gasteiger partial charge < -0.3 is 9.88 Å². The summed E-state index contributed by atoms with van der Waals surface area (Å²) in [5.74, 6) is 2.50. The molecule has 1 aromatic heterocycles. The number of nitrogens with one attached hydrogen (secondary N) is 1. The van der Waals surface area contributed by atoms with E-state index >= 15 is 0 Å². The zero-order chi connectivity index (χ0) is 17.8. The number of benzene rings is 1. The molecule has 1 heterocycles. The van der Waals surface area contributed by atoms with E-state index in [1.807, 2.05) is 41.9 Å². The molecule has 1 aliphatic carbocycles. The predicted octanol–water partition coefficient (Wildman–Crippen LogP) is 3.52. The van der Waals surface area contributed by atoms with Gasteiger partial charge in [-0.2, -0.15) is 0 Å². The van der Waals surface area contributed by atoms with E-state index in [-0.39, 0.29) is 5.91 Å². The summed E-state index contributed by atoms with van der Waals surface area (Å²) in [6, 6.07) is 10.3. The topological polar surface area (TPSA) is 59.8 Å². The molecular weight excluding hydrogens is 332 g/mol. The fourth-order valence-corrected chi connectivity index (χ4v) is 4.17. The third-order valence-electron chi connectivity index (χ3n) is 5.25. The van der Waals surface area contributed by atoms with Gasteiger partial charge in [-0.25, -0.2) is 0 Å². The molecule has 6 heteroatoms. The minimum atomic E-state index is 0.0835. The van der Waals surface area contributed by atoms with Crippen LogP contribution in [0, 0.1) is 11.8 Å². The number of hydrogen-bond acceptors (Lipinski definition) is 4. The number of carbonyl (C=O) groups is 1. The highest BCUT2D eigenvalue weighted by molar-refractivity contribution is 7.99. The summed E-state index contributed by atoms with van der Waals surface area (Å²) in [6.45, 7) is 4.53. The Hall–Kier alpha value is -1.82. The van der Waals surface area contributed by atoms with Crippen molar-refractivity contribution in [1.82, 2.24) is 20.1 Å². The lowest BCUT2D eigenvalue weighted by atomic mass is 9.78. The molecule has 0 aliphatic heterocycles. The fraction of sp³-hybridized carbons (Fsp3) is 0.526. The first-order valence-electron chi connectivity index (χ1n) is 8.93. The molecule has 0 unspecified atom stereocenters. The first-order valence-corrected chi connectivity index (χ1v) is 9.91. The third kappa shape index (κ3) is 4.24. The maximum Gasteiger partial charge on any atom is 0.230 e. The minimum absolute atomic E-state index is 0.0835. The van der Waals surface area contributed by atoms with Crippen molar-refractivity contribution in [3.63, 3.8) is 0 Å². The molecule has 1 aliphatic rings. The Labute approximate surface area is 153 Å². The van der Waals surface area contributed by atoms with E-state index in [9.17, 15) is 4.79 Å². The molecule has 3 atom stereocenters. The van der Waals surface area contributed by atoms with E-state index in [1.54, 1.807) is 0 Å². The van der Waals surface area contributed by atoms with E-state index in [2.05, 4.69) is 29.4 Å². The Kier molecular flexibility index (Phi) is 5.78. The number of thioether (sulfide) groups is 1. The van der Waals surface area contributed by atoms with Crippen molar-refractivity contribution < 1.29 is 4.79 Å². The van der Waals surface area contributed by atoms with Gasteiger partial charge in [0, 0.05) is 18.7 Å². The van der Waals surface area contributed by atoms with E-state index in [1.165, 1.54) is 24.6 Å². The lowest BCUT2D eigenvalue weighted by Crippen LogP contribution is -2.44. The van der Waals surface area contributed by atoms with Crippen molar-refractivity contribution in [2.45, 2.75) is 44.3 Å². The summed E-state index contributed by atoms with van der Waals surface area (Å²) in [5, 5.41) is 12.5. The molecule has 0 saturated heterocycles. The van der Waals surface area contributed by atoms with E-state index in [0.29, 0.717) is 23.6 Å². The predicted molar refractivity (Wildman–Crippen MR) is 101 cm³/mol. The molecule has 1 N–H and O–H groups in total. The van der Waals surface area contributed by atoms with Gasteiger partial charge in [0.05, 0.1) is 5.75 Å². The van der Waals surface area contributed by atoms with Crippen LogP contribution in [0.4, 0.5) is 0 Å². The van der Waals surface area contributed by atoms with Crippen molar-refractivity contribution in [3.05, 3.63) is 30.3 Å². The average molecular weight is 359 g/mol. The number of rotatable bonds is 5. The van der Waals surface area contributed by atoms with Gasteiger partial charge in [0.2, 0.25) is 5.91 Å². The molecule has 1 amide bonds. The first-order chi connectivity index (χ1) is 12.1. The molecule has 5 nitrogen and oxygen atoms in total. The van der Waals surface area contributed by atoms with E-state index in [4.69, 9.17) is 0 Å². The molecule has 25 heavy (non-hydrogen) atoms. The van der Waals surface area contributed by atoms with Crippen molar-refractivity contribution in [3.8, 4) is 11.4 Å². The SMILES string of the molecule is C[C@H]1[C@H](C)CCC[C@H]1NC(=O)CSc1nnc(-c2ccccc2)n1C. The summed E-state index contributed by atoms with van der Waals surface area (Å²) in [5.41, 5.74) is 1.03. The highest BCUT2D eigenvalue weighted by Crippen LogP contribution is 2.29. The van der Waals surface area contributed by atoms with Crippen LogP contribution in [-0.2, 0) is 11.8 Å². The van der Waals surface area contributed by atoms with Gasteiger partial charge in [-0.3, -0.25) is 4.79 Å².